The van der Waals surface area contributed by atoms with Gasteiger partial charge in [0.25, 0.3) is 0 Å². The Morgan fingerprint density at radius 3 is 1.72 bits per heavy atom. The second kappa shape index (κ2) is 19.8. The monoisotopic (exact) mass is 658 g/mol. The van der Waals surface area contributed by atoms with Gasteiger partial charge in [-0.25, -0.2) is 9.59 Å². The molecule has 0 saturated carbocycles. The van der Waals surface area contributed by atoms with Gasteiger partial charge in [0.15, 0.2) is 23.0 Å². The first-order chi connectivity index (χ1) is 21.2. The molecule has 262 valence electrons. The van der Waals surface area contributed by atoms with Crippen molar-refractivity contribution in [2.75, 3.05) is 37.1 Å². The number of amides is 2. The molecule has 2 amide bonds. The zero-order valence-electron chi connectivity index (χ0n) is 30.4. The second-order valence-electron chi connectivity index (χ2n) is 13.4. The maximum Gasteiger partial charge on any atom is 1.00 e. The van der Waals surface area contributed by atoms with E-state index < -0.39 is 29.0 Å². The van der Waals surface area contributed by atoms with Crippen LogP contribution >= 0.6 is 0 Å². The molecule has 0 radical (unpaired) electrons. The molecule has 2 fully saturated rings. The van der Waals surface area contributed by atoms with Gasteiger partial charge < -0.3 is 31.0 Å². The largest absolute Gasteiger partial charge is 1.00 e. The van der Waals surface area contributed by atoms with Gasteiger partial charge in [0, 0.05) is 30.4 Å². The van der Waals surface area contributed by atoms with Crippen LogP contribution in [-0.2, 0) is 29.3 Å². The number of unbranched alkanes of at least 4 members (excludes halogenated alkanes) is 1. The maximum absolute atomic E-state index is 11.8. The third-order valence-corrected chi connectivity index (χ3v) is 5.66. The molecule has 0 unspecified atom stereocenters. The number of nitrogens with zero attached hydrogens (tertiary/aromatic N) is 4. The molecular formula is C32H55LiN6O8. The van der Waals surface area contributed by atoms with Crippen LogP contribution in [0.15, 0.2) is 18.3 Å². The molecule has 2 aromatic heterocycles. The Bertz CT molecular complexity index is 1240. The van der Waals surface area contributed by atoms with Crippen LogP contribution in [0.25, 0.3) is 0 Å². The third-order valence-electron chi connectivity index (χ3n) is 5.66. The molecule has 15 heteroatoms. The average molecular weight is 659 g/mol. The molecule has 14 nitrogen and oxygen atoms in total. The van der Waals surface area contributed by atoms with E-state index in [-0.39, 0.29) is 49.9 Å². The van der Waals surface area contributed by atoms with Crippen LogP contribution in [-0.4, -0.2) is 80.3 Å². The molecule has 4 heterocycles. The number of hydrogen-bond donors (Lipinski definition) is 3. The summed E-state index contributed by atoms with van der Waals surface area (Å²) in [5.74, 6) is 1.07. The van der Waals surface area contributed by atoms with Gasteiger partial charge >= 0.3 is 31.0 Å². The summed E-state index contributed by atoms with van der Waals surface area (Å²) in [6.45, 7) is 25.7. The summed E-state index contributed by atoms with van der Waals surface area (Å²) in [6.07, 6.45) is 3.04. The van der Waals surface area contributed by atoms with E-state index in [9.17, 15) is 19.5 Å². The summed E-state index contributed by atoms with van der Waals surface area (Å²) in [5.41, 5.74) is -1.47. The number of aliphatic hydroxyl groups is 1. The predicted octanol–water partition coefficient (Wildman–Crippen LogP) is 3.05. The van der Waals surface area contributed by atoms with Gasteiger partial charge in [-0.15, -0.1) is 0 Å². The summed E-state index contributed by atoms with van der Waals surface area (Å²) in [7, 11) is 0. The fourth-order valence-electron chi connectivity index (χ4n) is 3.33. The van der Waals surface area contributed by atoms with Crippen molar-refractivity contribution in [1.29, 1.82) is 0 Å². The molecule has 47 heavy (non-hydrogen) atoms. The Balaban J connectivity index is 0.000000714. The smallest absolute Gasteiger partial charge is 0.444 e. The van der Waals surface area contributed by atoms with Crippen molar-refractivity contribution in [2.24, 2.45) is 0 Å². The Morgan fingerprint density at radius 2 is 1.43 bits per heavy atom. The molecule has 2 aliphatic heterocycles. The molecule has 0 aromatic carbocycles. The van der Waals surface area contributed by atoms with Gasteiger partial charge in [0.05, 0.1) is 18.9 Å². The number of Topliss-reactive ketones (excluding diaryl/α,β-unsaturated/α-hetero) is 1. The zero-order chi connectivity index (χ0) is 35.3. The fraction of sp³-hybridized carbons (Fsp3) is 0.688. The molecule has 0 spiro atoms. The van der Waals surface area contributed by atoms with E-state index in [0.29, 0.717) is 30.5 Å². The van der Waals surface area contributed by atoms with E-state index in [2.05, 4.69) is 39.4 Å². The van der Waals surface area contributed by atoms with Crippen molar-refractivity contribution >= 4 is 29.6 Å². The number of hydrogen-bond acceptors (Lipinski definition) is 10. The van der Waals surface area contributed by atoms with E-state index >= 15 is 0 Å². The number of carbonyl (C=O) groups is 3. The van der Waals surface area contributed by atoms with Crippen molar-refractivity contribution in [3.8, 4) is 0 Å². The van der Waals surface area contributed by atoms with Crippen LogP contribution in [0.1, 0.15) is 107 Å². The Hall–Kier alpha value is -2.89. The minimum atomic E-state index is -1.04. The molecule has 3 N–H and O–H groups in total. The van der Waals surface area contributed by atoms with Crippen molar-refractivity contribution < 1.29 is 57.3 Å². The first kappa shape index (κ1) is 44.1. The van der Waals surface area contributed by atoms with Crippen LogP contribution < -0.4 is 29.5 Å². The van der Waals surface area contributed by atoms with Gasteiger partial charge in [0.2, 0.25) is 0 Å². The molecule has 2 aliphatic rings. The summed E-state index contributed by atoms with van der Waals surface area (Å²) in [5, 5.41) is 24.1. The minimum Gasteiger partial charge on any atom is -0.444 e. The van der Waals surface area contributed by atoms with Crippen LogP contribution in [0.4, 0.5) is 21.2 Å². The average Bonchev–Trinajstić information content (AvgIpc) is 3.52. The summed E-state index contributed by atoms with van der Waals surface area (Å²) in [4.78, 5) is 33.0. The van der Waals surface area contributed by atoms with Gasteiger partial charge in [-0.3, -0.25) is 24.8 Å². The van der Waals surface area contributed by atoms with Crippen molar-refractivity contribution in [3.05, 3.63) is 30.9 Å². The Morgan fingerprint density at radius 1 is 0.957 bits per heavy atom. The molecule has 4 rings (SSSR count). The molecule has 0 aliphatic carbocycles. The first-order valence-corrected chi connectivity index (χ1v) is 15.5. The number of nitrogens with one attached hydrogen (secondary N) is 2. The summed E-state index contributed by atoms with van der Waals surface area (Å²) >= 11 is 0. The van der Waals surface area contributed by atoms with E-state index in [0.717, 1.165) is 6.42 Å². The quantitative estimate of drug-likeness (QED) is 0.310. The number of carbonyl (C=O) groups excluding carboxylic acids is 3. The van der Waals surface area contributed by atoms with E-state index in [1.54, 1.807) is 42.3 Å². The minimum absolute atomic E-state index is 0. The predicted molar refractivity (Wildman–Crippen MR) is 176 cm³/mol. The number of ketones is 1. The van der Waals surface area contributed by atoms with Gasteiger partial charge in [-0.1, -0.05) is 13.3 Å². The molecular weight excluding hydrogens is 603 g/mol. The topological polar surface area (TPSA) is 168 Å². The number of anilines is 2. The van der Waals surface area contributed by atoms with E-state index in [1.165, 1.54) is 6.42 Å². The molecule has 2 saturated heterocycles. The third kappa shape index (κ3) is 17.2. The van der Waals surface area contributed by atoms with Crippen molar-refractivity contribution in [3.63, 3.8) is 0 Å². The SMILES string of the molecule is CC(C)n1ccc(NC(=O)OC(C)(C)C)n1.CC(C)n1nc(NC(=O)OC(C)(C)C)cc1C1(O)COC1.O=C1COC1.[CH2-]CCC.[Li+]. The van der Waals surface area contributed by atoms with Crippen LogP contribution in [0, 0.1) is 6.92 Å². The summed E-state index contributed by atoms with van der Waals surface area (Å²) in [6, 6.07) is 3.73. The van der Waals surface area contributed by atoms with Crippen molar-refractivity contribution in [2.45, 2.75) is 118 Å². The van der Waals surface area contributed by atoms with Crippen LogP contribution in [0.2, 0.25) is 0 Å². The molecule has 2 aromatic rings. The normalized spacial score (nSPS) is 14.7. The van der Waals surface area contributed by atoms with E-state index in [4.69, 9.17) is 14.2 Å². The molecule has 0 bridgehead atoms. The van der Waals surface area contributed by atoms with Crippen LogP contribution in [0.3, 0.4) is 0 Å². The zero-order valence-corrected chi connectivity index (χ0v) is 30.4. The van der Waals surface area contributed by atoms with Gasteiger partial charge in [-0.05, 0) is 69.2 Å². The van der Waals surface area contributed by atoms with Crippen LogP contribution in [0.5, 0.6) is 0 Å². The number of ether oxygens (including phenoxy) is 4. The maximum atomic E-state index is 11.8. The second-order valence-corrected chi connectivity index (χ2v) is 13.4. The number of rotatable bonds is 6. The Kier molecular flexibility index (Phi) is 18.6. The standard InChI is InChI=1S/C14H23N3O4.C11H19N3O2.C4H9.C3H4O2.Li/c1-9(2)17-10(14(19)7-20-8-14)6-11(16-17)15-12(18)21-13(3,4)5;1-8(2)14-7-6-9(13-14)12-10(15)16-11(3,4)5;1-3-4-2;4-3-1-5-2-3;/h6,9,19H,7-8H2,1-5H3,(H,15,16,18);6-8H,1-5H3,(H,12,13,15);1,3-4H2,2H3;1-2H2;/q;;-1;;+1. The first-order valence-electron chi connectivity index (χ1n) is 15.5. The van der Waals surface area contributed by atoms with E-state index in [1.807, 2.05) is 54.7 Å². The van der Waals surface area contributed by atoms with Gasteiger partial charge in [0.1, 0.15) is 24.4 Å². The summed E-state index contributed by atoms with van der Waals surface area (Å²) < 4.78 is 23.3. The van der Waals surface area contributed by atoms with Crippen molar-refractivity contribution in [1.82, 2.24) is 19.6 Å². The number of aromatic nitrogens is 4. The van der Waals surface area contributed by atoms with Gasteiger partial charge in [-0.2, -0.15) is 16.6 Å². The fourth-order valence-corrected chi connectivity index (χ4v) is 3.33. The molecule has 0 atom stereocenters. The Labute approximate surface area is 291 Å².